The minimum absolute atomic E-state index is 0.0290. The number of aliphatic hydroxyl groups excluding tert-OH is 1. The predicted octanol–water partition coefficient (Wildman–Crippen LogP) is 2.32. The van der Waals surface area contributed by atoms with Crippen molar-refractivity contribution >= 4 is 8.32 Å². The molecule has 0 radical (unpaired) electrons. The Labute approximate surface area is 117 Å². The highest BCUT2D eigenvalue weighted by Gasteiger charge is 2.59. The molecule has 1 saturated heterocycles. The molecule has 1 unspecified atom stereocenters. The number of methoxy groups -OCH3 is 1. The molecule has 1 saturated carbocycles. The van der Waals surface area contributed by atoms with Crippen LogP contribution in [0.15, 0.2) is 0 Å². The summed E-state index contributed by atoms with van der Waals surface area (Å²) in [4.78, 5) is 0. The molecule has 0 aromatic carbocycles. The van der Waals surface area contributed by atoms with Crippen molar-refractivity contribution in [1.82, 2.24) is 0 Å². The van der Waals surface area contributed by atoms with Crippen LogP contribution in [0.4, 0.5) is 0 Å². The highest BCUT2D eigenvalue weighted by atomic mass is 28.4. The van der Waals surface area contributed by atoms with Gasteiger partial charge in [0.2, 0.25) is 0 Å². The smallest absolute Gasteiger partial charge is 0.192 e. The van der Waals surface area contributed by atoms with Crippen molar-refractivity contribution in [1.29, 1.82) is 0 Å². The highest BCUT2D eigenvalue weighted by Crippen LogP contribution is 2.44. The number of rotatable bonds is 6. The van der Waals surface area contributed by atoms with Gasteiger partial charge in [-0.2, -0.15) is 0 Å². The monoisotopic (exact) mass is 288 g/mol. The van der Waals surface area contributed by atoms with Crippen molar-refractivity contribution in [2.24, 2.45) is 0 Å². The fraction of sp³-hybridized carbons (Fsp3) is 1.00. The molecule has 5 heteroatoms. The van der Waals surface area contributed by atoms with Gasteiger partial charge in [0, 0.05) is 7.11 Å². The van der Waals surface area contributed by atoms with Crippen LogP contribution < -0.4 is 0 Å². The van der Waals surface area contributed by atoms with Crippen LogP contribution >= 0.6 is 0 Å². The fourth-order valence-corrected chi connectivity index (χ4v) is 6.23. The Bertz CT molecular complexity index is 294. The van der Waals surface area contributed by atoms with Crippen LogP contribution in [0.5, 0.6) is 0 Å². The van der Waals surface area contributed by atoms with Crippen LogP contribution in [-0.2, 0) is 13.9 Å². The summed E-state index contributed by atoms with van der Waals surface area (Å²) in [5.74, 6) is 0. The molecule has 2 rings (SSSR count). The number of aliphatic hydroxyl groups is 1. The van der Waals surface area contributed by atoms with Crippen LogP contribution in [-0.4, -0.2) is 51.1 Å². The third kappa shape index (κ3) is 2.76. The maximum Gasteiger partial charge on any atom is 0.192 e. The molecule has 4 atom stereocenters. The van der Waals surface area contributed by atoms with E-state index >= 15 is 0 Å². The summed E-state index contributed by atoms with van der Waals surface area (Å²) in [6.07, 6.45) is 1.06. The van der Waals surface area contributed by atoms with Gasteiger partial charge < -0.3 is 19.0 Å². The third-order valence-corrected chi connectivity index (χ3v) is 9.86. The Morgan fingerprint density at radius 3 is 2.26 bits per heavy atom. The normalized spacial score (nSPS) is 38.7. The van der Waals surface area contributed by atoms with Gasteiger partial charge in [0.05, 0.1) is 12.7 Å². The number of epoxide rings is 1. The van der Waals surface area contributed by atoms with Crippen molar-refractivity contribution < 1.29 is 19.0 Å². The Morgan fingerprint density at radius 1 is 1.26 bits per heavy atom. The zero-order valence-electron chi connectivity index (χ0n) is 12.6. The number of hydrogen-bond donors (Lipinski definition) is 1. The van der Waals surface area contributed by atoms with Crippen molar-refractivity contribution in [3.63, 3.8) is 0 Å². The molecule has 1 spiro atoms. The van der Waals surface area contributed by atoms with Crippen molar-refractivity contribution in [2.45, 2.75) is 75.7 Å². The summed E-state index contributed by atoms with van der Waals surface area (Å²) in [7, 11) is 0.0151. The van der Waals surface area contributed by atoms with Gasteiger partial charge in [0.25, 0.3) is 0 Å². The lowest BCUT2D eigenvalue weighted by Gasteiger charge is -2.42. The summed E-state index contributed by atoms with van der Waals surface area (Å²) in [6, 6.07) is 3.39. The second-order valence-corrected chi connectivity index (χ2v) is 10.7. The van der Waals surface area contributed by atoms with Crippen LogP contribution in [0.1, 0.15) is 33.6 Å². The van der Waals surface area contributed by atoms with E-state index in [1.807, 2.05) is 0 Å². The van der Waals surface area contributed by atoms with Crippen LogP contribution in [0.25, 0.3) is 0 Å². The molecule has 112 valence electrons. The minimum Gasteiger partial charge on any atom is -0.411 e. The molecule has 19 heavy (non-hydrogen) atoms. The second-order valence-electron chi connectivity index (χ2n) is 5.94. The van der Waals surface area contributed by atoms with E-state index in [0.29, 0.717) is 6.61 Å². The lowest BCUT2D eigenvalue weighted by atomic mass is 9.83. The lowest BCUT2D eigenvalue weighted by Crippen LogP contribution is -2.56. The molecule has 2 aliphatic rings. The van der Waals surface area contributed by atoms with Gasteiger partial charge in [-0.3, -0.25) is 0 Å². The van der Waals surface area contributed by atoms with Crippen molar-refractivity contribution in [3.8, 4) is 0 Å². The number of hydrogen-bond acceptors (Lipinski definition) is 4. The summed E-state index contributed by atoms with van der Waals surface area (Å²) in [5.41, 5.74) is -0.324. The largest absolute Gasteiger partial charge is 0.411 e. The van der Waals surface area contributed by atoms with E-state index in [-0.39, 0.29) is 17.8 Å². The quantitative estimate of drug-likeness (QED) is 0.602. The van der Waals surface area contributed by atoms with E-state index in [4.69, 9.17) is 13.9 Å². The molecule has 1 heterocycles. The van der Waals surface area contributed by atoms with Crippen LogP contribution in [0.3, 0.4) is 0 Å². The molecule has 1 N–H and O–H groups in total. The van der Waals surface area contributed by atoms with Gasteiger partial charge in [0.1, 0.15) is 17.8 Å². The van der Waals surface area contributed by atoms with Crippen molar-refractivity contribution in [3.05, 3.63) is 0 Å². The molecule has 0 bridgehead atoms. The van der Waals surface area contributed by atoms with Gasteiger partial charge in [0.15, 0.2) is 8.32 Å². The van der Waals surface area contributed by atoms with E-state index in [1.165, 1.54) is 0 Å². The second kappa shape index (κ2) is 5.82. The van der Waals surface area contributed by atoms with Gasteiger partial charge >= 0.3 is 0 Å². The van der Waals surface area contributed by atoms with Gasteiger partial charge in [-0.15, -0.1) is 0 Å². The van der Waals surface area contributed by atoms with E-state index in [1.54, 1.807) is 7.11 Å². The SMILES string of the molecule is CC[Si](CC)(CC)O[C@@H]1CCC2(CO2)[C@@H](O)[C@@H]1OC. The zero-order chi connectivity index (χ0) is 14.1. The first-order valence-electron chi connectivity index (χ1n) is 7.59. The van der Waals surface area contributed by atoms with Gasteiger partial charge in [-0.05, 0) is 31.0 Å². The van der Waals surface area contributed by atoms with E-state index < -0.39 is 14.4 Å². The fourth-order valence-electron chi connectivity index (χ4n) is 3.34. The summed E-state index contributed by atoms with van der Waals surface area (Å²) in [5, 5.41) is 10.4. The van der Waals surface area contributed by atoms with Gasteiger partial charge in [-0.1, -0.05) is 20.8 Å². The first-order chi connectivity index (χ1) is 9.06. The maximum atomic E-state index is 10.4. The van der Waals surface area contributed by atoms with Crippen LogP contribution in [0.2, 0.25) is 18.1 Å². The molecule has 1 aliphatic carbocycles. The van der Waals surface area contributed by atoms with E-state index in [2.05, 4.69) is 20.8 Å². The molecular formula is C14H28O4Si. The molecular weight excluding hydrogens is 260 g/mol. The standard InChI is InChI=1S/C14H28O4Si/c1-5-19(6-2,7-3)18-11-8-9-14(10-17-14)13(15)12(11)16-4/h11-13,15H,5-10H2,1-4H3/t11-,12-,13+,14?/m1/s1. The summed E-state index contributed by atoms with van der Waals surface area (Å²) >= 11 is 0. The number of ether oxygens (including phenoxy) is 2. The average Bonchev–Trinajstić information content (AvgIpc) is 3.22. The third-order valence-electron chi connectivity index (χ3n) is 5.19. The summed E-state index contributed by atoms with van der Waals surface area (Å²) < 4.78 is 17.5. The molecule has 0 aromatic heterocycles. The maximum absolute atomic E-state index is 10.4. The molecule has 1 aliphatic heterocycles. The van der Waals surface area contributed by atoms with E-state index in [0.717, 1.165) is 31.0 Å². The van der Waals surface area contributed by atoms with Crippen LogP contribution in [0, 0.1) is 0 Å². The van der Waals surface area contributed by atoms with E-state index in [9.17, 15) is 5.11 Å². The minimum atomic E-state index is -1.65. The Balaban J connectivity index is 2.07. The Morgan fingerprint density at radius 2 is 1.84 bits per heavy atom. The predicted molar refractivity (Wildman–Crippen MR) is 76.8 cm³/mol. The Kier molecular flexibility index (Phi) is 4.73. The Hall–Kier alpha value is 0.0569. The molecule has 2 fully saturated rings. The molecule has 0 amide bonds. The highest BCUT2D eigenvalue weighted by molar-refractivity contribution is 6.73. The van der Waals surface area contributed by atoms with Gasteiger partial charge in [-0.25, -0.2) is 0 Å². The summed E-state index contributed by atoms with van der Waals surface area (Å²) in [6.45, 7) is 7.35. The molecule has 0 aromatic rings. The zero-order valence-corrected chi connectivity index (χ0v) is 13.6. The lowest BCUT2D eigenvalue weighted by molar-refractivity contribution is -0.128. The first-order valence-corrected chi connectivity index (χ1v) is 10.1. The topological polar surface area (TPSA) is 51.2 Å². The first kappa shape index (κ1) is 15.4. The van der Waals surface area contributed by atoms with Crippen molar-refractivity contribution in [2.75, 3.05) is 13.7 Å². The molecule has 4 nitrogen and oxygen atoms in total. The average molecular weight is 288 g/mol.